The molecule has 82 valence electrons. The molecule has 2 saturated heterocycles. The summed E-state index contributed by atoms with van der Waals surface area (Å²) in [6.45, 7) is 5.44. The highest BCUT2D eigenvalue weighted by atomic mass is 16.5. The van der Waals surface area contributed by atoms with E-state index in [1.54, 1.807) is 0 Å². The highest BCUT2D eigenvalue weighted by molar-refractivity contribution is 4.82. The van der Waals surface area contributed by atoms with Crippen molar-refractivity contribution in [2.45, 2.75) is 50.8 Å². The van der Waals surface area contributed by atoms with Crippen LogP contribution in [-0.4, -0.2) is 37.9 Å². The van der Waals surface area contributed by atoms with Gasteiger partial charge in [-0.2, -0.15) is 0 Å². The third-order valence-corrected chi connectivity index (χ3v) is 3.25. The fourth-order valence-corrected chi connectivity index (χ4v) is 2.48. The van der Waals surface area contributed by atoms with Crippen molar-refractivity contribution in [1.29, 1.82) is 0 Å². The molecule has 2 aliphatic rings. The summed E-state index contributed by atoms with van der Waals surface area (Å²) in [7, 11) is 0. The van der Waals surface area contributed by atoms with Gasteiger partial charge in [0, 0.05) is 25.2 Å². The fraction of sp³-hybridized carbons (Fsp3) is 1.00. The average molecular weight is 198 g/mol. The maximum Gasteiger partial charge on any atom is 0.0561 e. The zero-order chi connectivity index (χ0) is 9.80. The van der Waals surface area contributed by atoms with Crippen LogP contribution in [0.1, 0.15) is 32.6 Å². The molecule has 3 nitrogen and oxygen atoms in total. The maximum absolute atomic E-state index is 5.54. The molecule has 0 aromatic carbocycles. The van der Waals surface area contributed by atoms with Gasteiger partial charge in [-0.05, 0) is 39.2 Å². The molecule has 3 atom stereocenters. The molecule has 2 aliphatic heterocycles. The van der Waals surface area contributed by atoms with Crippen LogP contribution in [0.25, 0.3) is 0 Å². The molecule has 3 heteroatoms. The lowest BCUT2D eigenvalue weighted by atomic mass is 10.0. The Hall–Kier alpha value is -0.120. The first-order valence-electron chi connectivity index (χ1n) is 5.93. The second-order valence-corrected chi connectivity index (χ2v) is 4.61. The van der Waals surface area contributed by atoms with Crippen molar-refractivity contribution in [2.24, 2.45) is 0 Å². The van der Waals surface area contributed by atoms with Crippen molar-refractivity contribution >= 4 is 0 Å². The Bertz CT molecular complexity index is 169. The van der Waals surface area contributed by atoms with E-state index in [9.17, 15) is 0 Å². The zero-order valence-corrected chi connectivity index (χ0v) is 9.09. The van der Waals surface area contributed by atoms with Gasteiger partial charge in [-0.15, -0.1) is 0 Å². The van der Waals surface area contributed by atoms with Gasteiger partial charge in [0.05, 0.1) is 6.10 Å². The summed E-state index contributed by atoms with van der Waals surface area (Å²) in [6.07, 6.45) is 5.45. The molecule has 0 bridgehead atoms. The van der Waals surface area contributed by atoms with E-state index in [-0.39, 0.29) is 0 Å². The summed E-state index contributed by atoms with van der Waals surface area (Å²) >= 11 is 0. The van der Waals surface area contributed by atoms with Crippen molar-refractivity contribution in [2.75, 3.05) is 19.7 Å². The Kier molecular flexibility index (Phi) is 3.79. The van der Waals surface area contributed by atoms with Gasteiger partial charge < -0.3 is 15.4 Å². The van der Waals surface area contributed by atoms with E-state index in [1.165, 1.54) is 32.2 Å². The molecule has 0 aliphatic carbocycles. The third kappa shape index (κ3) is 2.94. The second kappa shape index (κ2) is 5.10. The van der Waals surface area contributed by atoms with E-state index in [0.717, 1.165) is 13.2 Å². The molecule has 2 fully saturated rings. The van der Waals surface area contributed by atoms with Crippen LogP contribution in [0.4, 0.5) is 0 Å². The van der Waals surface area contributed by atoms with Gasteiger partial charge in [-0.3, -0.25) is 0 Å². The predicted molar refractivity (Wildman–Crippen MR) is 57.5 cm³/mol. The van der Waals surface area contributed by atoms with Crippen molar-refractivity contribution < 1.29 is 4.74 Å². The molecule has 0 spiro atoms. The normalized spacial score (nSPS) is 39.6. The number of rotatable bonds is 2. The molecule has 0 aromatic heterocycles. The average Bonchev–Trinajstić information content (AvgIpc) is 2.19. The SMILES string of the molecule is CC1CC(NC2CCCNC2)CCO1. The summed E-state index contributed by atoms with van der Waals surface area (Å²) in [6, 6.07) is 1.38. The van der Waals surface area contributed by atoms with E-state index >= 15 is 0 Å². The summed E-state index contributed by atoms with van der Waals surface area (Å²) in [5.41, 5.74) is 0. The summed E-state index contributed by atoms with van der Waals surface area (Å²) in [5.74, 6) is 0. The smallest absolute Gasteiger partial charge is 0.0561 e. The zero-order valence-electron chi connectivity index (χ0n) is 9.09. The molecule has 2 N–H and O–H groups in total. The summed E-state index contributed by atoms with van der Waals surface area (Å²) in [5, 5.41) is 7.19. The van der Waals surface area contributed by atoms with Gasteiger partial charge in [0.25, 0.3) is 0 Å². The van der Waals surface area contributed by atoms with Crippen molar-refractivity contribution in [3.05, 3.63) is 0 Å². The van der Waals surface area contributed by atoms with E-state index in [0.29, 0.717) is 18.2 Å². The lowest BCUT2D eigenvalue weighted by Crippen LogP contribution is -2.49. The van der Waals surface area contributed by atoms with Crippen LogP contribution in [0.5, 0.6) is 0 Å². The van der Waals surface area contributed by atoms with E-state index < -0.39 is 0 Å². The first-order chi connectivity index (χ1) is 6.84. The lowest BCUT2D eigenvalue weighted by molar-refractivity contribution is 0.0107. The molecular weight excluding hydrogens is 176 g/mol. The van der Waals surface area contributed by atoms with E-state index in [4.69, 9.17) is 4.74 Å². The Morgan fingerprint density at radius 1 is 1.29 bits per heavy atom. The Morgan fingerprint density at radius 2 is 2.21 bits per heavy atom. The fourth-order valence-electron chi connectivity index (χ4n) is 2.48. The van der Waals surface area contributed by atoms with Crippen molar-refractivity contribution in [3.63, 3.8) is 0 Å². The van der Waals surface area contributed by atoms with Gasteiger partial charge in [0.15, 0.2) is 0 Å². The van der Waals surface area contributed by atoms with Gasteiger partial charge in [0.2, 0.25) is 0 Å². The Labute approximate surface area is 86.6 Å². The third-order valence-electron chi connectivity index (χ3n) is 3.25. The largest absolute Gasteiger partial charge is 0.378 e. The molecular formula is C11H22N2O. The van der Waals surface area contributed by atoms with Gasteiger partial charge in [0.1, 0.15) is 0 Å². The molecule has 0 radical (unpaired) electrons. The van der Waals surface area contributed by atoms with Crippen LogP contribution in [-0.2, 0) is 4.74 Å². The van der Waals surface area contributed by atoms with Crippen LogP contribution in [0, 0.1) is 0 Å². The monoisotopic (exact) mass is 198 g/mol. The first-order valence-corrected chi connectivity index (χ1v) is 5.93. The number of piperidine rings is 1. The van der Waals surface area contributed by atoms with Gasteiger partial charge in [-0.1, -0.05) is 0 Å². The molecule has 2 heterocycles. The number of nitrogens with one attached hydrogen (secondary N) is 2. The van der Waals surface area contributed by atoms with Crippen LogP contribution in [0.15, 0.2) is 0 Å². The topological polar surface area (TPSA) is 33.3 Å². The van der Waals surface area contributed by atoms with Crippen molar-refractivity contribution in [3.8, 4) is 0 Å². The number of ether oxygens (including phenoxy) is 1. The first kappa shape index (κ1) is 10.4. The number of hydrogen-bond acceptors (Lipinski definition) is 3. The minimum atomic E-state index is 0.442. The van der Waals surface area contributed by atoms with Crippen LogP contribution >= 0.6 is 0 Å². The van der Waals surface area contributed by atoms with Crippen LogP contribution in [0.2, 0.25) is 0 Å². The minimum Gasteiger partial charge on any atom is -0.378 e. The van der Waals surface area contributed by atoms with E-state index in [2.05, 4.69) is 17.6 Å². The molecule has 0 amide bonds. The van der Waals surface area contributed by atoms with Crippen molar-refractivity contribution in [1.82, 2.24) is 10.6 Å². The molecule has 2 rings (SSSR count). The second-order valence-electron chi connectivity index (χ2n) is 4.61. The predicted octanol–water partition coefficient (Wildman–Crippen LogP) is 0.895. The Balaban J connectivity index is 1.72. The standard InChI is InChI=1S/C11H22N2O/c1-9-7-10(4-6-14-9)13-11-3-2-5-12-8-11/h9-13H,2-8H2,1H3. The molecule has 0 saturated carbocycles. The molecule has 0 aromatic rings. The van der Waals surface area contributed by atoms with E-state index in [1.807, 2.05) is 0 Å². The number of hydrogen-bond donors (Lipinski definition) is 2. The molecule has 3 unspecified atom stereocenters. The minimum absolute atomic E-state index is 0.442. The molecule has 14 heavy (non-hydrogen) atoms. The van der Waals surface area contributed by atoms with Gasteiger partial charge in [-0.25, -0.2) is 0 Å². The quantitative estimate of drug-likeness (QED) is 0.691. The van der Waals surface area contributed by atoms with Crippen LogP contribution in [0.3, 0.4) is 0 Å². The summed E-state index contributed by atoms with van der Waals surface area (Å²) < 4.78 is 5.54. The van der Waals surface area contributed by atoms with Gasteiger partial charge >= 0.3 is 0 Å². The highest BCUT2D eigenvalue weighted by Gasteiger charge is 2.22. The highest BCUT2D eigenvalue weighted by Crippen LogP contribution is 2.15. The van der Waals surface area contributed by atoms with Crippen LogP contribution < -0.4 is 10.6 Å². The lowest BCUT2D eigenvalue weighted by Gasteiger charge is -2.33. The summed E-state index contributed by atoms with van der Waals surface area (Å²) in [4.78, 5) is 0. The maximum atomic E-state index is 5.54. The Morgan fingerprint density at radius 3 is 2.93 bits per heavy atom.